The van der Waals surface area contributed by atoms with Crippen molar-refractivity contribution in [3.05, 3.63) is 92.9 Å². The highest BCUT2D eigenvalue weighted by molar-refractivity contribution is 14.1. The van der Waals surface area contributed by atoms with Crippen LogP contribution in [0.2, 0.25) is 0 Å². The van der Waals surface area contributed by atoms with Crippen molar-refractivity contribution < 1.29 is 35.1 Å². The highest BCUT2D eigenvalue weighted by Crippen LogP contribution is 1.98. The van der Waals surface area contributed by atoms with Gasteiger partial charge in [0.1, 0.15) is 44.6 Å². The van der Waals surface area contributed by atoms with E-state index in [-0.39, 0.29) is 26.4 Å². The second kappa shape index (κ2) is 30.6. The van der Waals surface area contributed by atoms with Gasteiger partial charge >= 0.3 is 18.0 Å². The van der Waals surface area contributed by atoms with E-state index in [1.54, 1.807) is 38.9 Å². The lowest BCUT2D eigenvalue weighted by molar-refractivity contribution is -0.140. The van der Waals surface area contributed by atoms with Gasteiger partial charge in [-0.05, 0) is 23.2 Å². The predicted octanol–water partition coefficient (Wildman–Crippen LogP) is 4.48. The number of carbonyl (C=O) groups excluding carboxylic acids is 3. The Hall–Kier alpha value is -3.90. The molecule has 0 aliphatic carbocycles. The molecule has 3 rings (SSSR count). The molecule has 3 heterocycles. The molecule has 0 atom stereocenters. The molecule has 0 unspecified atom stereocenters. The molecule has 0 bridgehead atoms. The van der Waals surface area contributed by atoms with Gasteiger partial charge in [0.05, 0.1) is 6.61 Å². The average Bonchev–Trinajstić information content (AvgIpc) is 3.84. The Bertz CT molecular complexity index is 1200. The quantitative estimate of drug-likeness (QED) is 0.0604. The first-order valence-electron chi connectivity index (χ1n) is 12.9. The average molecular weight is 841 g/mol. The molecule has 3 aromatic heterocycles. The summed E-state index contributed by atoms with van der Waals surface area (Å²) in [4.78, 5) is 44.6. The Morgan fingerprint density at radius 2 is 1.16 bits per heavy atom. The maximum atomic E-state index is 11.2. The first kappa shape index (κ1) is 42.2. The van der Waals surface area contributed by atoms with Gasteiger partial charge in [0.25, 0.3) is 0 Å². The molecule has 0 fully saturated rings. The van der Waals surface area contributed by atoms with Gasteiger partial charge in [-0.15, -0.1) is 0 Å². The molecular weight excluding hydrogens is 802 g/mol. The molecular formula is C27H38I2N8O7. The van der Waals surface area contributed by atoms with E-state index in [1.807, 2.05) is 44.1 Å². The lowest BCUT2D eigenvalue weighted by Gasteiger charge is -2.05. The van der Waals surface area contributed by atoms with Crippen LogP contribution in [0.1, 0.15) is 22.1 Å². The summed E-state index contributed by atoms with van der Waals surface area (Å²) >= 11 is 4.24. The lowest BCUT2D eigenvalue weighted by atomic mass is 10.4. The molecule has 0 aliphatic heterocycles. The second-order valence-corrected chi connectivity index (χ2v) is 8.79. The van der Waals surface area contributed by atoms with Gasteiger partial charge in [-0.1, -0.05) is 71.8 Å². The summed E-state index contributed by atoms with van der Waals surface area (Å²) < 4.78 is 26.2. The Morgan fingerprint density at radius 1 is 0.818 bits per heavy atom. The second-order valence-electron chi connectivity index (χ2n) is 7.26. The number of aliphatic hydroxyl groups excluding tert-OH is 1. The Morgan fingerprint density at radius 3 is 1.48 bits per heavy atom. The fourth-order valence-electron chi connectivity index (χ4n) is 2.05. The van der Waals surface area contributed by atoms with Gasteiger partial charge in [-0.3, -0.25) is 9.13 Å². The van der Waals surface area contributed by atoms with E-state index in [4.69, 9.17) is 26.7 Å². The van der Waals surface area contributed by atoms with Crippen LogP contribution in [0.3, 0.4) is 0 Å². The molecule has 15 nitrogen and oxygen atoms in total. The van der Waals surface area contributed by atoms with Gasteiger partial charge in [0.2, 0.25) is 0 Å². The molecule has 0 saturated heterocycles. The first-order chi connectivity index (χ1) is 21.5. The summed E-state index contributed by atoms with van der Waals surface area (Å²) in [6.07, 6.45) is 14.2. The Labute approximate surface area is 285 Å². The van der Waals surface area contributed by atoms with Crippen LogP contribution < -0.4 is 0 Å². The van der Waals surface area contributed by atoms with Crippen molar-refractivity contribution in [1.82, 2.24) is 28.7 Å². The minimum Gasteiger partial charge on any atom is -0.460 e. The van der Waals surface area contributed by atoms with Crippen LogP contribution in [-0.2, 0) is 23.8 Å². The van der Waals surface area contributed by atoms with E-state index in [0.717, 1.165) is 5.82 Å². The third-order valence-corrected chi connectivity index (χ3v) is 3.88. The summed E-state index contributed by atoms with van der Waals surface area (Å²) in [5.41, 5.74) is 0.657. The molecule has 17 heteroatoms. The first-order valence-corrected chi connectivity index (χ1v) is 15.2. The van der Waals surface area contributed by atoms with E-state index in [9.17, 15) is 14.4 Å². The molecule has 1 N–H and O–H groups in total. The van der Waals surface area contributed by atoms with Crippen LogP contribution in [0.25, 0.3) is 0 Å². The van der Waals surface area contributed by atoms with Crippen molar-refractivity contribution in [3.63, 3.8) is 0 Å². The number of hydrogen-bond donors (Lipinski definition) is 1. The van der Waals surface area contributed by atoms with Crippen LogP contribution in [0.5, 0.6) is 0 Å². The summed E-state index contributed by atoms with van der Waals surface area (Å²) in [5, 5.41) is 20.2. The molecule has 0 amide bonds. The van der Waals surface area contributed by atoms with Crippen molar-refractivity contribution in [2.24, 2.45) is 0 Å². The molecule has 0 aliphatic rings. The normalized spacial score (nSPS) is 8.86. The number of nitrogens with zero attached hydrogens (tertiary/aromatic N) is 8. The predicted molar refractivity (Wildman–Crippen MR) is 180 cm³/mol. The van der Waals surface area contributed by atoms with Gasteiger partial charge in [0, 0.05) is 60.5 Å². The van der Waals surface area contributed by atoms with E-state index in [1.165, 1.54) is 27.7 Å². The number of aliphatic hydroxyl groups is 1. The van der Waals surface area contributed by atoms with Crippen molar-refractivity contribution in [3.8, 4) is 0 Å². The minimum atomic E-state index is -0.566. The molecule has 3 aromatic rings. The number of imidazole rings is 3. The van der Waals surface area contributed by atoms with E-state index >= 15 is 0 Å². The highest BCUT2D eigenvalue weighted by atomic mass is 127. The standard InChI is InChI=1S/C10H12N2O4.C8H8N4.C6H10O3.C2H5I.CH3I.N2/c1-8(2)9(13)15-5-6-16-10(14)12-4-3-11-7-12;1-8(11-4-2-9-6-11)12-5-3-10-7-12;1-5(2)6(8)9-4-3-7;1-2-3;2*1-2/h3-4,7H,1,5-6H2,2H3;2-7H,1H2;7H,1,3-4H2,2H3;2H2,1H3;1H3;/i;;;;1D;. The van der Waals surface area contributed by atoms with E-state index in [2.05, 4.69) is 68.9 Å². The minimum absolute atomic E-state index is 0.00394. The van der Waals surface area contributed by atoms with Crippen LogP contribution >= 0.6 is 45.2 Å². The highest BCUT2D eigenvalue weighted by Gasteiger charge is 2.06. The van der Waals surface area contributed by atoms with Gasteiger partial charge in [-0.25, -0.2) is 33.9 Å². The molecule has 0 spiro atoms. The third-order valence-electron chi connectivity index (χ3n) is 3.88. The van der Waals surface area contributed by atoms with Crippen molar-refractivity contribution in [1.29, 1.82) is 10.8 Å². The number of carbonyl (C=O) groups is 3. The largest absolute Gasteiger partial charge is 0.460 e. The van der Waals surface area contributed by atoms with Crippen LogP contribution in [0.15, 0.2) is 87.0 Å². The summed E-state index contributed by atoms with van der Waals surface area (Å²) in [6, 6.07) is 0. The maximum absolute atomic E-state index is 11.2. The van der Waals surface area contributed by atoms with Crippen molar-refractivity contribution in [2.75, 3.05) is 35.8 Å². The van der Waals surface area contributed by atoms with Crippen molar-refractivity contribution in [2.45, 2.75) is 20.8 Å². The molecule has 0 aromatic carbocycles. The fraction of sp³-hybridized carbons (Fsp3) is 0.333. The summed E-state index contributed by atoms with van der Waals surface area (Å²) in [7, 11) is 0. The molecule has 0 saturated carbocycles. The number of hydrogen-bond acceptors (Lipinski definition) is 12. The summed E-state index contributed by atoms with van der Waals surface area (Å²) in [5.74, 6) is -0.146. The fourth-order valence-corrected chi connectivity index (χ4v) is 2.05. The van der Waals surface area contributed by atoms with Crippen LogP contribution in [0.4, 0.5) is 4.79 Å². The number of alkyl halides is 2. The zero-order valence-electron chi connectivity index (χ0n) is 25.8. The topological polar surface area (TPSA) is 200 Å². The molecule has 44 heavy (non-hydrogen) atoms. The number of halogens is 2. The lowest BCUT2D eigenvalue weighted by Crippen LogP contribution is -2.17. The number of aromatic nitrogens is 6. The number of rotatable bonds is 9. The van der Waals surface area contributed by atoms with Crippen molar-refractivity contribution >= 4 is 63.2 Å². The van der Waals surface area contributed by atoms with Gasteiger partial charge < -0.3 is 19.3 Å². The monoisotopic (exact) mass is 841 g/mol. The zero-order chi connectivity index (χ0) is 35.0. The van der Waals surface area contributed by atoms with Gasteiger partial charge in [0.15, 0.2) is 0 Å². The van der Waals surface area contributed by atoms with E-state index < -0.39 is 18.0 Å². The summed E-state index contributed by atoms with van der Waals surface area (Å²) in [6.45, 7) is 15.8. The third kappa shape index (κ3) is 22.7. The zero-order valence-corrected chi connectivity index (χ0v) is 29.1. The Balaban J connectivity index is -0.000000540. The molecule has 242 valence electrons. The smallest absolute Gasteiger partial charge is 0.419 e. The number of ether oxygens (including phenoxy) is 3. The Kier molecular flexibility index (Phi) is 29.3. The molecule has 0 radical (unpaired) electrons. The van der Waals surface area contributed by atoms with Gasteiger partial charge in [-0.2, -0.15) is 0 Å². The SMILES string of the molecule is C=C(C)C(=O)OCCO.C=C(C)C(=O)OCCOC(=O)n1ccnc1.C=C(n1ccnc1)n1ccnc1.CCI.N#N.[2H]CI. The van der Waals surface area contributed by atoms with Crippen LogP contribution in [0, 0.1) is 16.6 Å². The number of esters is 2. The van der Waals surface area contributed by atoms with Crippen LogP contribution in [-0.4, -0.2) is 87.6 Å². The maximum Gasteiger partial charge on any atom is 0.419 e. The van der Waals surface area contributed by atoms with E-state index in [0.29, 0.717) is 16.1 Å².